The Morgan fingerprint density at radius 1 is 1.25 bits per heavy atom. The molecule has 0 amide bonds. The van der Waals surface area contributed by atoms with E-state index < -0.39 is 0 Å². The molecule has 1 aromatic carbocycles. The fourth-order valence-corrected chi connectivity index (χ4v) is 2.63. The van der Waals surface area contributed by atoms with Gasteiger partial charge in [-0.2, -0.15) is 0 Å². The highest BCUT2D eigenvalue weighted by atomic mass is 16.5. The number of methoxy groups -OCH3 is 1. The molecule has 24 heavy (non-hydrogen) atoms. The Bertz CT molecular complexity index is 526. The molecule has 0 heterocycles. The Morgan fingerprint density at radius 2 is 1.96 bits per heavy atom. The van der Waals surface area contributed by atoms with E-state index in [1.165, 1.54) is 5.56 Å². The van der Waals surface area contributed by atoms with Gasteiger partial charge in [0.05, 0.1) is 7.11 Å². The second-order valence-electron chi connectivity index (χ2n) is 6.87. The molecule has 0 saturated heterocycles. The van der Waals surface area contributed by atoms with Crippen LogP contribution >= 0.6 is 0 Å². The number of aryl methyl sites for hydroxylation is 1. The Kier molecular flexibility index (Phi) is 8.61. The maximum Gasteiger partial charge on any atom is 0.191 e. The van der Waals surface area contributed by atoms with E-state index in [1.807, 2.05) is 0 Å². The van der Waals surface area contributed by atoms with Crippen molar-refractivity contribution < 1.29 is 4.74 Å². The summed E-state index contributed by atoms with van der Waals surface area (Å²) < 4.78 is 5.46. The van der Waals surface area contributed by atoms with Gasteiger partial charge in [0.15, 0.2) is 5.96 Å². The quantitative estimate of drug-likeness (QED) is 0.567. The normalized spacial score (nSPS) is 13.3. The van der Waals surface area contributed by atoms with E-state index in [0.29, 0.717) is 18.5 Å². The van der Waals surface area contributed by atoms with Crippen LogP contribution in [0.15, 0.2) is 23.2 Å². The summed E-state index contributed by atoms with van der Waals surface area (Å²) in [6.07, 6.45) is 1.16. The van der Waals surface area contributed by atoms with E-state index in [-0.39, 0.29) is 0 Å². The number of hydrogen-bond acceptors (Lipinski definition) is 3. The zero-order valence-electron chi connectivity index (χ0n) is 16.3. The van der Waals surface area contributed by atoms with Crippen molar-refractivity contribution in [1.29, 1.82) is 0 Å². The van der Waals surface area contributed by atoms with Gasteiger partial charge < -0.3 is 20.3 Å². The third kappa shape index (κ3) is 6.79. The van der Waals surface area contributed by atoms with Gasteiger partial charge in [0.1, 0.15) is 5.75 Å². The van der Waals surface area contributed by atoms with Crippen molar-refractivity contribution in [2.45, 2.75) is 39.8 Å². The number of aliphatic imine (C=N–C) groups is 1. The molecule has 2 N–H and O–H groups in total. The Balaban J connectivity index is 2.59. The van der Waals surface area contributed by atoms with Crippen molar-refractivity contribution in [3.05, 3.63) is 29.3 Å². The van der Waals surface area contributed by atoms with E-state index >= 15 is 0 Å². The fourth-order valence-electron chi connectivity index (χ4n) is 2.63. The molecule has 0 saturated carbocycles. The summed E-state index contributed by atoms with van der Waals surface area (Å²) in [4.78, 5) is 6.59. The third-order valence-electron chi connectivity index (χ3n) is 4.09. The topological polar surface area (TPSA) is 48.9 Å². The highest BCUT2D eigenvalue weighted by Gasteiger charge is 2.14. The van der Waals surface area contributed by atoms with Crippen LogP contribution in [0.1, 0.15) is 31.4 Å². The Labute approximate surface area is 147 Å². The van der Waals surface area contributed by atoms with Crippen LogP contribution in [0.4, 0.5) is 0 Å². The maximum absolute atomic E-state index is 5.46. The molecule has 1 aromatic rings. The molecule has 0 fully saturated rings. The molecule has 1 unspecified atom stereocenters. The predicted octanol–water partition coefficient (Wildman–Crippen LogP) is 2.64. The highest BCUT2D eigenvalue weighted by molar-refractivity contribution is 5.79. The number of nitrogens with zero attached hydrogens (tertiary/aromatic N) is 2. The molecule has 0 radical (unpaired) electrons. The molecule has 5 heteroatoms. The van der Waals surface area contributed by atoms with Crippen LogP contribution in [0.5, 0.6) is 5.75 Å². The number of guanidine groups is 1. The molecule has 1 atom stereocenters. The van der Waals surface area contributed by atoms with E-state index in [1.54, 1.807) is 14.2 Å². The number of likely N-dealkylation sites (N-methyl/N-ethyl adjacent to an activating group) is 1. The first-order valence-corrected chi connectivity index (χ1v) is 8.61. The number of hydrogen-bond donors (Lipinski definition) is 2. The summed E-state index contributed by atoms with van der Waals surface area (Å²) in [5.74, 6) is 2.39. The number of benzene rings is 1. The average Bonchev–Trinajstić information content (AvgIpc) is 2.54. The fraction of sp³-hybridized carbons (Fsp3) is 0.632. The van der Waals surface area contributed by atoms with Gasteiger partial charge in [0.2, 0.25) is 0 Å². The average molecular weight is 335 g/mol. The summed E-state index contributed by atoms with van der Waals surface area (Å²) in [6, 6.07) is 6.73. The van der Waals surface area contributed by atoms with Gasteiger partial charge in [-0.3, -0.25) is 4.99 Å². The third-order valence-corrected chi connectivity index (χ3v) is 4.09. The van der Waals surface area contributed by atoms with Crippen LogP contribution in [0.3, 0.4) is 0 Å². The minimum atomic E-state index is 0.484. The van der Waals surface area contributed by atoms with Crippen LogP contribution in [0.25, 0.3) is 0 Å². The molecule has 0 aromatic heterocycles. The first-order valence-electron chi connectivity index (χ1n) is 8.61. The summed E-state index contributed by atoms with van der Waals surface area (Å²) in [5.41, 5.74) is 2.32. The monoisotopic (exact) mass is 334 g/mol. The molecular formula is C19H34N4O. The molecule has 0 aliphatic heterocycles. The summed E-state index contributed by atoms with van der Waals surface area (Å²) >= 11 is 0. The zero-order valence-corrected chi connectivity index (χ0v) is 16.3. The predicted molar refractivity (Wildman–Crippen MR) is 103 cm³/mol. The largest absolute Gasteiger partial charge is 0.496 e. The van der Waals surface area contributed by atoms with Gasteiger partial charge in [0.25, 0.3) is 0 Å². The van der Waals surface area contributed by atoms with Crippen molar-refractivity contribution in [3.8, 4) is 5.75 Å². The van der Waals surface area contributed by atoms with Gasteiger partial charge >= 0.3 is 0 Å². The number of rotatable bonds is 8. The van der Waals surface area contributed by atoms with Gasteiger partial charge in [-0.1, -0.05) is 26.0 Å². The van der Waals surface area contributed by atoms with Crippen LogP contribution in [0, 0.1) is 12.8 Å². The Morgan fingerprint density at radius 3 is 2.50 bits per heavy atom. The van der Waals surface area contributed by atoms with Gasteiger partial charge in [-0.15, -0.1) is 0 Å². The lowest BCUT2D eigenvalue weighted by Crippen LogP contribution is -2.45. The van der Waals surface area contributed by atoms with Crippen LogP contribution in [-0.4, -0.2) is 51.7 Å². The van der Waals surface area contributed by atoms with E-state index in [4.69, 9.17) is 4.74 Å². The molecule has 5 nitrogen and oxygen atoms in total. The Hall–Kier alpha value is -1.75. The number of nitrogens with one attached hydrogen (secondary N) is 2. The molecule has 0 aliphatic rings. The SMILES string of the molecule is CN=C(NCc1ccc(C)cc1OC)NCC(CC(C)C)N(C)C. The maximum atomic E-state index is 5.46. The highest BCUT2D eigenvalue weighted by Crippen LogP contribution is 2.19. The molecular weight excluding hydrogens is 300 g/mol. The second kappa shape index (κ2) is 10.2. The van der Waals surface area contributed by atoms with Gasteiger partial charge in [0, 0.05) is 31.7 Å². The first kappa shape index (κ1) is 20.3. The summed E-state index contributed by atoms with van der Waals surface area (Å²) in [7, 11) is 7.76. The minimum absolute atomic E-state index is 0.484. The zero-order chi connectivity index (χ0) is 18.1. The standard InChI is InChI=1S/C19H34N4O/c1-14(2)10-17(23(5)6)13-22-19(20-4)21-12-16-9-8-15(3)11-18(16)24-7/h8-9,11,14,17H,10,12-13H2,1-7H3,(H2,20,21,22). The van der Waals surface area contributed by atoms with Crippen LogP contribution in [-0.2, 0) is 6.54 Å². The van der Waals surface area contributed by atoms with Crippen molar-refractivity contribution in [3.63, 3.8) is 0 Å². The van der Waals surface area contributed by atoms with E-state index in [0.717, 1.165) is 30.2 Å². The molecule has 0 bridgehead atoms. The molecule has 0 aliphatic carbocycles. The van der Waals surface area contributed by atoms with E-state index in [2.05, 4.69) is 73.6 Å². The second-order valence-corrected chi connectivity index (χ2v) is 6.87. The molecule has 0 spiro atoms. The minimum Gasteiger partial charge on any atom is -0.496 e. The lowest BCUT2D eigenvalue weighted by Gasteiger charge is -2.27. The van der Waals surface area contributed by atoms with Crippen molar-refractivity contribution in [1.82, 2.24) is 15.5 Å². The van der Waals surface area contributed by atoms with Gasteiger partial charge in [-0.05, 0) is 45.0 Å². The van der Waals surface area contributed by atoms with Crippen LogP contribution < -0.4 is 15.4 Å². The number of ether oxygens (including phenoxy) is 1. The molecule has 1 rings (SSSR count). The lowest BCUT2D eigenvalue weighted by atomic mass is 10.0. The summed E-state index contributed by atoms with van der Waals surface area (Å²) in [6.45, 7) is 8.13. The molecule has 136 valence electrons. The smallest absolute Gasteiger partial charge is 0.191 e. The van der Waals surface area contributed by atoms with Gasteiger partial charge in [-0.25, -0.2) is 0 Å². The van der Waals surface area contributed by atoms with Crippen molar-refractivity contribution in [2.24, 2.45) is 10.9 Å². The van der Waals surface area contributed by atoms with Crippen LogP contribution in [0.2, 0.25) is 0 Å². The van der Waals surface area contributed by atoms with Crippen molar-refractivity contribution in [2.75, 3.05) is 34.8 Å². The lowest BCUT2D eigenvalue weighted by molar-refractivity contribution is 0.254. The van der Waals surface area contributed by atoms with E-state index in [9.17, 15) is 0 Å². The van der Waals surface area contributed by atoms with Crippen molar-refractivity contribution >= 4 is 5.96 Å². The summed E-state index contributed by atoms with van der Waals surface area (Å²) in [5, 5.41) is 6.80. The first-order chi connectivity index (χ1) is 11.4.